The van der Waals surface area contributed by atoms with Gasteiger partial charge in [0.25, 0.3) is 0 Å². The van der Waals surface area contributed by atoms with E-state index in [4.69, 9.17) is 10.2 Å². The van der Waals surface area contributed by atoms with Crippen LogP contribution in [0.15, 0.2) is 0 Å². The smallest absolute Gasteiger partial charge is 0.344 e. The number of carboxylic acids is 1. The Morgan fingerprint density at radius 3 is 2.42 bits per heavy atom. The number of aliphatic hydroxyl groups is 1. The second kappa shape index (κ2) is 5.31. The van der Waals surface area contributed by atoms with Crippen LogP contribution in [0.4, 0.5) is 0 Å². The van der Waals surface area contributed by atoms with Crippen LogP contribution < -0.4 is 0 Å². The van der Waals surface area contributed by atoms with Crippen LogP contribution in [0.5, 0.6) is 0 Å². The number of esters is 1. The first kappa shape index (κ1) is 11.6. The van der Waals surface area contributed by atoms with E-state index in [1.807, 2.05) is 0 Å². The summed E-state index contributed by atoms with van der Waals surface area (Å²) in [6, 6.07) is 0. The van der Waals surface area contributed by atoms with Crippen LogP contribution in [-0.2, 0) is 14.3 Å². The molecule has 0 rings (SSSR count). The zero-order chi connectivity index (χ0) is 9.72. The van der Waals surface area contributed by atoms with Crippen LogP contribution in [0.1, 0.15) is 6.92 Å². The predicted molar refractivity (Wildman–Crippen MR) is 48.1 cm³/mol. The van der Waals surface area contributed by atoms with Crippen molar-refractivity contribution in [3.63, 3.8) is 0 Å². The van der Waals surface area contributed by atoms with Crippen molar-refractivity contribution in [2.24, 2.45) is 0 Å². The number of ether oxygens (including phenoxy) is 1. The molecule has 12 heavy (non-hydrogen) atoms. The number of alkyl halides is 1. The molecule has 2 atom stereocenters. The second-order valence-electron chi connectivity index (χ2n) is 2.09. The summed E-state index contributed by atoms with van der Waals surface area (Å²) < 4.78 is 4.55. The Morgan fingerprint density at radius 1 is 1.58 bits per heavy atom. The largest absolute Gasteiger partial charge is 0.479 e. The Kier molecular flexibility index (Phi) is 5.14. The predicted octanol–water partition coefficient (Wildman–Crippen LogP) is -0.201. The molecule has 0 heterocycles. The highest BCUT2D eigenvalue weighted by molar-refractivity contribution is 14.1. The van der Waals surface area contributed by atoms with Gasteiger partial charge in [0.1, 0.15) is 0 Å². The monoisotopic (exact) mass is 288 g/mol. The van der Waals surface area contributed by atoms with Crippen LogP contribution in [0, 0.1) is 0 Å². The minimum absolute atomic E-state index is 0.183. The van der Waals surface area contributed by atoms with Crippen LogP contribution in [0.3, 0.4) is 0 Å². The van der Waals surface area contributed by atoms with E-state index < -0.39 is 24.1 Å². The summed E-state index contributed by atoms with van der Waals surface area (Å²) in [6.45, 7) is 1.22. The highest BCUT2D eigenvalue weighted by atomic mass is 127. The number of hydrogen-bond acceptors (Lipinski definition) is 4. The molecule has 0 saturated heterocycles. The van der Waals surface area contributed by atoms with Gasteiger partial charge in [-0.25, -0.2) is 9.59 Å². The second-order valence-corrected chi connectivity index (χ2v) is 2.97. The first-order valence-electron chi connectivity index (χ1n) is 3.16. The number of aliphatic hydroxyl groups excluding tert-OH is 1. The van der Waals surface area contributed by atoms with Crippen LogP contribution >= 0.6 is 22.6 Å². The van der Waals surface area contributed by atoms with E-state index in [0.717, 1.165) is 0 Å². The van der Waals surface area contributed by atoms with Crippen molar-refractivity contribution in [2.45, 2.75) is 19.1 Å². The highest BCUT2D eigenvalue weighted by Gasteiger charge is 2.21. The average molecular weight is 288 g/mol. The fourth-order valence-corrected chi connectivity index (χ4v) is 0.726. The third kappa shape index (κ3) is 3.86. The third-order valence-corrected chi connectivity index (χ3v) is 1.89. The minimum Gasteiger partial charge on any atom is -0.479 e. The third-order valence-electron chi connectivity index (χ3n) is 1.06. The molecule has 2 unspecified atom stereocenters. The fraction of sp³-hybridized carbons (Fsp3) is 0.667. The molecule has 0 aliphatic rings. The van der Waals surface area contributed by atoms with Gasteiger partial charge in [-0.05, 0) is 6.92 Å². The SMILES string of the molecule is CC(OC(=O)C(O)CI)C(=O)O. The molecule has 0 aliphatic heterocycles. The number of carboxylic acid groups (broad SMARTS) is 1. The molecule has 70 valence electrons. The molecule has 5 nitrogen and oxygen atoms in total. The topological polar surface area (TPSA) is 83.8 Å². The molecule has 0 spiro atoms. The maximum Gasteiger partial charge on any atom is 0.344 e. The molecule has 0 aromatic rings. The van der Waals surface area contributed by atoms with Crippen molar-refractivity contribution in [1.82, 2.24) is 0 Å². The molecule has 0 fully saturated rings. The van der Waals surface area contributed by atoms with Gasteiger partial charge >= 0.3 is 11.9 Å². The Labute approximate surface area is 82.9 Å². The van der Waals surface area contributed by atoms with E-state index in [1.165, 1.54) is 6.92 Å². The molecule has 0 bridgehead atoms. The van der Waals surface area contributed by atoms with Crippen LogP contribution in [0.25, 0.3) is 0 Å². The van der Waals surface area contributed by atoms with Crippen molar-refractivity contribution >= 4 is 34.5 Å². The van der Waals surface area contributed by atoms with Gasteiger partial charge in [-0.15, -0.1) is 0 Å². The van der Waals surface area contributed by atoms with E-state index in [9.17, 15) is 9.59 Å². The molecule has 0 aromatic heterocycles. The maximum absolute atomic E-state index is 10.7. The van der Waals surface area contributed by atoms with Crippen molar-refractivity contribution in [3.8, 4) is 0 Å². The van der Waals surface area contributed by atoms with Crippen molar-refractivity contribution < 1.29 is 24.5 Å². The van der Waals surface area contributed by atoms with Gasteiger partial charge in [0.15, 0.2) is 12.2 Å². The van der Waals surface area contributed by atoms with Gasteiger partial charge in [-0.1, -0.05) is 22.6 Å². The standard InChI is InChI=1S/C6H9IO5/c1-3(5(9)10)12-6(11)4(8)2-7/h3-4,8H,2H2,1H3,(H,9,10). The van der Waals surface area contributed by atoms with E-state index in [-0.39, 0.29) is 4.43 Å². The quantitative estimate of drug-likeness (QED) is 0.425. The summed E-state index contributed by atoms with van der Waals surface area (Å²) in [7, 11) is 0. The van der Waals surface area contributed by atoms with Gasteiger partial charge in [0.2, 0.25) is 0 Å². The summed E-state index contributed by atoms with van der Waals surface area (Å²) in [6.07, 6.45) is -2.46. The maximum atomic E-state index is 10.7. The highest BCUT2D eigenvalue weighted by Crippen LogP contribution is 1.98. The van der Waals surface area contributed by atoms with Gasteiger partial charge in [-0.3, -0.25) is 0 Å². The van der Waals surface area contributed by atoms with E-state index in [0.29, 0.717) is 0 Å². The van der Waals surface area contributed by atoms with Gasteiger partial charge in [-0.2, -0.15) is 0 Å². The first-order valence-corrected chi connectivity index (χ1v) is 4.69. The normalized spacial score (nSPS) is 14.9. The lowest BCUT2D eigenvalue weighted by atomic mass is 10.4. The van der Waals surface area contributed by atoms with Crippen molar-refractivity contribution in [1.29, 1.82) is 0 Å². The van der Waals surface area contributed by atoms with Crippen LogP contribution in [0.2, 0.25) is 0 Å². The Balaban J connectivity index is 3.92. The minimum atomic E-state index is -1.24. The summed E-state index contributed by atoms with van der Waals surface area (Å²) >= 11 is 1.79. The number of carbonyl (C=O) groups excluding carboxylic acids is 1. The molecular weight excluding hydrogens is 279 g/mol. The Bertz CT molecular complexity index is 181. The summed E-state index contributed by atoms with van der Waals surface area (Å²) in [5, 5.41) is 17.2. The van der Waals surface area contributed by atoms with Crippen LogP contribution in [-0.4, -0.2) is 38.8 Å². The molecule has 0 aliphatic carbocycles. The van der Waals surface area contributed by atoms with Crippen molar-refractivity contribution in [2.75, 3.05) is 4.43 Å². The number of aliphatic carboxylic acids is 1. The lowest BCUT2D eigenvalue weighted by molar-refractivity contribution is -0.167. The van der Waals surface area contributed by atoms with Gasteiger partial charge in [0.05, 0.1) is 0 Å². The molecule has 2 N–H and O–H groups in total. The number of hydrogen-bond donors (Lipinski definition) is 2. The van der Waals surface area contributed by atoms with E-state index >= 15 is 0 Å². The molecule has 0 aromatic carbocycles. The van der Waals surface area contributed by atoms with Crippen molar-refractivity contribution in [3.05, 3.63) is 0 Å². The number of carbonyl (C=O) groups is 2. The zero-order valence-electron chi connectivity index (χ0n) is 6.36. The molecule has 0 radical (unpaired) electrons. The fourth-order valence-electron chi connectivity index (χ4n) is 0.366. The Hall–Kier alpha value is -0.370. The number of rotatable bonds is 4. The Morgan fingerprint density at radius 2 is 2.08 bits per heavy atom. The number of halogens is 1. The van der Waals surface area contributed by atoms with Gasteiger partial charge < -0.3 is 14.9 Å². The first-order chi connectivity index (χ1) is 5.49. The molecule has 6 heteroatoms. The lowest BCUT2D eigenvalue weighted by Crippen LogP contribution is -2.31. The van der Waals surface area contributed by atoms with Gasteiger partial charge in [0, 0.05) is 4.43 Å². The lowest BCUT2D eigenvalue weighted by Gasteiger charge is -2.10. The molecule has 0 saturated carbocycles. The summed E-state index contributed by atoms with van der Waals surface area (Å²) in [4.78, 5) is 20.9. The average Bonchev–Trinajstić information content (AvgIpc) is 2.02. The van der Waals surface area contributed by atoms with E-state index in [1.54, 1.807) is 22.6 Å². The molecule has 0 amide bonds. The summed E-state index contributed by atoms with van der Waals surface area (Å²) in [5.41, 5.74) is 0. The zero-order valence-corrected chi connectivity index (χ0v) is 8.52. The summed E-state index contributed by atoms with van der Waals surface area (Å²) in [5.74, 6) is -2.14. The molecular formula is C6H9IO5. The van der Waals surface area contributed by atoms with E-state index in [2.05, 4.69) is 4.74 Å².